The van der Waals surface area contributed by atoms with Crippen molar-refractivity contribution in [3.05, 3.63) is 60.9 Å². The Morgan fingerprint density at radius 3 is 2.18 bits per heavy atom. The van der Waals surface area contributed by atoms with Gasteiger partial charge >= 0.3 is 6.36 Å². The zero-order valence-corrected chi connectivity index (χ0v) is 11.2. The summed E-state index contributed by atoms with van der Waals surface area (Å²) in [6, 6.07) is 12.5. The second-order valence-corrected chi connectivity index (χ2v) is 4.51. The molecular weight excluding hydrogens is 295 g/mol. The summed E-state index contributed by atoms with van der Waals surface area (Å²) in [7, 11) is 0. The largest absolute Gasteiger partial charge is 0.573 e. The van der Waals surface area contributed by atoms with E-state index in [0.717, 1.165) is 10.8 Å². The maximum atomic E-state index is 12.1. The Kier molecular flexibility index (Phi) is 3.58. The maximum absolute atomic E-state index is 12.1. The van der Waals surface area contributed by atoms with E-state index in [9.17, 15) is 13.2 Å². The number of pyridine rings is 1. The van der Waals surface area contributed by atoms with Gasteiger partial charge in [0, 0.05) is 17.8 Å². The molecule has 3 aromatic rings. The lowest BCUT2D eigenvalue weighted by molar-refractivity contribution is -0.274. The zero-order valence-electron chi connectivity index (χ0n) is 11.2. The van der Waals surface area contributed by atoms with Crippen LogP contribution in [-0.4, -0.2) is 11.3 Å². The third-order valence-corrected chi connectivity index (χ3v) is 2.91. The first-order chi connectivity index (χ1) is 10.5. The van der Waals surface area contributed by atoms with Gasteiger partial charge in [-0.05, 0) is 53.9 Å². The second kappa shape index (κ2) is 5.55. The Morgan fingerprint density at radius 1 is 0.773 bits per heavy atom. The summed E-state index contributed by atoms with van der Waals surface area (Å²) in [4.78, 5) is 4.02. The molecule has 0 unspecified atom stereocenters. The van der Waals surface area contributed by atoms with E-state index < -0.39 is 6.36 Å². The monoisotopic (exact) mass is 305 g/mol. The molecule has 3 rings (SSSR count). The summed E-state index contributed by atoms with van der Waals surface area (Å²) in [5.41, 5.74) is 0. The van der Waals surface area contributed by atoms with Crippen LogP contribution in [0.1, 0.15) is 0 Å². The quantitative estimate of drug-likeness (QED) is 0.688. The lowest BCUT2D eigenvalue weighted by Gasteiger charge is -2.10. The minimum Gasteiger partial charge on any atom is -0.457 e. The molecule has 0 aliphatic carbocycles. The van der Waals surface area contributed by atoms with Crippen LogP contribution in [0.3, 0.4) is 0 Å². The molecule has 0 N–H and O–H groups in total. The van der Waals surface area contributed by atoms with E-state index in [1.54, 1.807) is 18.5 Å². The van der Waals surface area contributed by atoms with E-state index in [4.69, 9.17) is 4.74 Å². The number of aromatic nitrogens is 1. The molecule has 0 radical (unpaired) electrons. The fourth-order valence-electron chi connectivity index (χ4n) is 1.97. The average Bonchev–Trinajstić information content (AvgIpc) is 2.48. The standard InChI is InChI=1S/C16H10F3NO2/c17-16(18,19)22-14-5-3-13(4-6-14)21-15-2-1-12-10-20-8-7-11(12)9-15/h1-10H. The minimum absolute atomic E-state index is 0.288. The highest BCUT2D eigenvalue weighted by Crippen LogP contribution is 2.28. The van der Waals surface area contributed by atoms with Gasteiger partial charge in [-0.2, -0.15) is 0 Å². The number of rotatable bonds is 3. The smallest absolute Gasteiger partial charge is 0.457 e. The molecule has 2 aromatic carbocycles. The molecule has 6 heteroatoms. The average molecular weight is 305 g/mol. The van der Waals surface area contributed by atoms with Crippen molar-refractivity contribution in [2.45, 2.75) is 6.36 Å². The van der Waals surface area contributed by atoms with Crippen molar-refractivity contribution in [3.8, 4) is 17.2 Å². The van der Waals surface area contributed by atoms with Gasteiger partial charge in [-0.15, -0.1) is 13.2 Å². The van der Waals surface area contributed by atoms with Crippen LogP contribution < -0.4 is 9.47 Å². The Labute approximate surface area is 123 Å². The molecule has 0 saturated heterocycles. The van der Waals surface area contributed by atoms with Gasteiger partial charge in [0.2, 0.25) is 0 Å². The van der Waals surface area contributed by atoms with Gasteiger partial charge in [-0.25, -0.2) is 0 Å². The molecule has 0 amide bonds. The first-order valence-electron chi connectivity index (χ1n) is 6.37. The number of benzene rings is 2. The normalized spacial score (nSPS) is 11.4. The van der Waals surface area contributed by atoms with Gasteiger partial charge in [0.25, 0.3) is 0 Å². The molecule has 22 heavy (non-hydrogen) atoms. The molecule has 1 aromatic heterocycles. The van der Waals surface area contributed by atoms with Crippen molar-refractivity contribution >= 4 is 10.8 Å². The first kappa shape index (κ1) is 14.2. The van der Waals surface area contributed by atoms with E-state index in [2.05, 4.69) is 9.72 Å². The number of alkyl halides is 3. The number of hydrogen-bond acceptors (Lipinski definition) is 3. The highest BCUT2D eigenvalue weighted by atomic mass is 19.4. The summed E-state index contributed by atoms with van der Waals surface area (Å²) < 4.78 is 45.7. The number of hydrogen-bond donors (Lipinski definition) is 0. The maximum Gasteiger partial charge on any atom is 0.573 e. The van der Waals surface area contributed by atoms with E-state index >= 15 is 0 Å². The van der Waals surface area contributed by atoms with Crippen LogP contribution in [0.4, 0.5) is 13.2 Å². The number of ether oxygens (including phenoxy) is 2. The second-order valence-electron chi connectivity index (χ2n) is 4.51. The van der Waals surface area contributed by atoms with Crippen molar-refractivity contribution in [2.75, 3.05) is 0 Å². The van der Waals surface area contributed by atoms with E-state index in [1.165, 1.54) is 24.3 Å². The summed E-state index contributed by atoms with van der Waals surface area (Å²) in [5.74, 6) is 0.718. The third kappa shape index (κ3) is 3.46. The van der Waals surface area contributed by atoms with Crippen molar-refractivity contribution < 1.29 is 22.6 Å². The van der Waals surface area contributed by atoms with Crippen molar-refractivity contribution in [1.82, 2.24) is 4.98 Å². The third-order valence-electron chi connectivity index (χ3n) is 2.91. The molecular formula is C16H10F3NO2. The van der Waals surface area contributed by atoms with Gasteiger partial charge < -0.3 is 9.47 Å². The molecule has 0 bridgehead atoms. The van der Waals surface area contributed by atoms with E-state index in [0.29, 0.717) is 11.5 Å². The van der Waals surface area contributed by atoms with Crippen molar-refractivity contribution in [3.63, 3.8) is 0 Å². The van der Waals surface area contributed by atoms with Gasteiger partial charge in [0.15, 0.2) is 0 Å². The van der Waals surface area contributed by atoms with Crippen LogP contribution in [0.15, 0.2) is 60.9 Å². The van der Waals surface area contributed by atoms with Crippen LogP contribution >= 0.6 is 0 Å². The van der Waals surface area contributed by atoms with Crippen LogP contribution in [-0.2, 0) is 0 Å². The fraction of sp³-hybridized carbons (Fsp3) is 0.0625. The molecule has 3 nitrogen and oxygen atoms in total. The fourth-order valence-corrected chi connectivity index (χ4v) is 1.97. The Balaban J connectivity index is 1.77. The summed E-state index contributed by atoms with van der Waals surface area (Å²) in [5, 5.41) is 1.94. The molecule has 112 valence electrons. The highest BCUT2D eigenvalue weighted by molar-refractivity contribution is 5.82. The first-order valence-corrected chi connectivity index (χ1v) is 6.37. The Bertz CT molecular complexity index is 785. The number of halogens is 3. The molecule has 0 spiro atoms. The molecule has 0 saturated carbocycles. The predicted octanol–water partition coefficient (Wildman–Crippen LogP) is 4.93. The minimum atomic E-state index is -4.70. The summed E-state index contributed by atoms with van der Waals surface area (Å²) >= 11 is 0. The Hall–Kier alpha value is -2.76. The molecule has 0 aliphatic heterocycles. The van der Waals surface area contributed by atoms with Gasteiger partial charge in [0.05, 0.1) is 0 Å². The van der Waals surface area contributed by atoms with Crippen LogP contribution in [0, 0.1) is 0 Å². The van der Waals surface area contributed by atoms with Crippen molar-refractivity contribution in [2.24, 2.45) is 0 Å². The summed E-state index contributed by atoms with van der Waals surface area (Å²) in [6.45, 7) is 0. The topological polar surface area (TPSA) is 31.4 Å². The number of nitrogens with zero attached hydrogens (tertiary/aromatic N) is 1. The van der Waals surface area contributed by atoms with Gasteiger partial charge in [-0.3, -0.25) is 4.98 Å². The summed E-state index contributed by atoms with van der Waals surface area (Å²) in [6.07, 6.45) is -1.29. The van der Waals surface area contributed by atoms with Gasteiger partial charge in [-0.1, -0.05) is 0 Å². The molecule has 0 aliphatic rings. The van der Waals surface area contributed by atoms with Gasteiger partial charge in [0.1, 0.15) is 17.2 Å². The highest BCUT2D eigenvalue weighted by Gasteiger charge is 2.30. The van der Waals surface area contributed by atoms with Crippen LogP contribution in [0.5, 0.6) is 17.2 Å². The van der Waals surface area contributed by atoms with E-state index in [-0.39, 0.29) is 5.75 Å². The SMILES string of the molecule is FC(F)(F)Oc1ccc(Oc2ccc3cnccc3c2)cc1. The molecule has 1 heterocycles. The molecule has 0 fully saturated rings. The Morgan fingerprint density at radius 2 is 1.45 bits per heavy atom. The number of fused-ring (bicyclic) bond motifs is 1. The zero-order chi connectivity index (χ0) is 15.6. The molecule has 0 atom stereocenters. The lowest BCUT2D eigenvalue weighted by atomic mass is 10.2. The van der Waals surface area contributed by atoms with Crippen LogP contribution in [0.25, 0.3) is 10.8 Å². The predicted molar refractivity (Wildman–Crippen MR) is 74.9 cm³/mol. The van der Waals surface area contributed by atoms with Crippen molar-refractivity contribution in [1.29, 1.82) is 0 Å². The van der Waals surface area contributed by atoms with E-state index in [1.807, 2.05) is 18.2 Å². The lowest BCUT2D eigenvalue weighted by Crippen LogP contribution is -2.16. The van der Waals surface area contributed by atoms with Crippen LogP contribution in [0.2, 0.25) is 0 Å².